The first-order chi connectivity index (χ1) is 12.0. The van der Waals surface area contributed by atoms with Gasteiger partial charge in [0.2, 0.25) is 5.91 Å². The molecule has 0 spiro atoms. The largest absolute Gasteiger partial charge is 0.331 e. The number of anilines is 1. The molecule has 0 saturated carbocycles. The highest BCUT2D eigenvalue weighted by molar-refractivity contribution is 8.00. The number of hydrogen-bond acceptors (Lipinski definition) is 3. The molecule has 0 atom stereocenters. The zero-order chi connectivity index (χ0) is 18.2. The van der Waals surface area contributed by atoms with E-state index in [1.165, 1.54) is 23.9 Å². The second-order valence-electron chi connectivity index (χ2n) is 5.33. The zero-order valence-electron chi connectivity index (χ0n) is 14.1. The Morgan fingerprint density at radius 3 is 2.56 bits per heavy atom. The van der Waals surface area contributed by atoms with Crippen LogP contribution in [0.15, 0.2) is 47.4 Å². The molecule has 132 valence electrons. The number of rotatable bonds is 5. The van der Waals surface area contributed by atoms with Gasteiger partial charge in [0.1, 0.15) is 5.82 Å². The number of amides is 1. The van der Waals surface area contributed by atoms with Crippen molar-refractivity contribution in [1.82, 2.24) is 10.9 Å². The normalized spacial score (nSPS) is 10.2. The highest BCUT2D eigenvalue weighted by Crippen LogP contribution is 2.21. The SMILES string of the molecule is CCc1cccc(C)c1NC(=S)NNC(=O)CSc1ccc(F)cc1. The summed E-state index contributed by atoms with van der Waals surface area (Å²) in [7, 11) is 0. The Hall–Kier alpha value is -2.12. The van der Waals surface area contributed by atoms with Crippen molar-refractivity contribution < 1.29 is 9.18 Å². The third kappa shape index (κ3) is 6.03. The monoisotopic (exact) mass is 377 g/mol. The summed E-state index contributed by atoms with van der Waals surface area (Å²) >= 11 is 6.55. The van der Waals surface area contributed by atoms with Crippen molar-refractivity contribution in [2.75, 3.05) is 11.1 Å². The molecule has 0 radical (unpaired) electrons. The number of hydrazine groups is 1. The third-order valence-electron chi connectivity index (χ3n) is 3.48. The van der Waals surface area contributed by atoms with Crippen molar-refractivity contribution in [2.24, 2.45) is 0 Å². The van der Waals surface area contributed by atoms with Crippen molar-refractivity contribution >= 4 is 40.7 Å². The summed E-state index contributed by atoms with van der Waals surface area (Å²) in [6, 6.07) is 12.0. The maximum atomic E-state index is 12.8. The Bertz CT molecular complexity index is 750. The summed E-state index contributed by atoms with van der Waals surface area (Å²) in [6.07, 6.45) is 0.882. The smallest absolute Gasteiger partial charge is 0.248 e. The Labute approximate surface area is 156 Å². The van der Waals surface area contributed by atoms with E-state index in [0.29, 0.717) is 5.11 Å². The van der Waals surface area contributed by atoms with Crippen LogP contribution in [0, 0.1) is 12.7 Å². The van der Waals surface area contributed by atoms with Gasteiger partial charge < -0.3 is 5.32 Å². The predicted molar refractivity (Wildman–Crippen MR) is 105 cm³/mol. The van der Waals surface area contributed by atoms with E-state index in [0.717, 1.165) is 28.1 Å². The summed E-state index contributed by atoms with van der Waals surface area (Å²) < 4.78 is 12.8. The second kappa shape index (κ2) is 9.39. The molecule has 0 aliphatic carbocycles. The number of carbonyl (C=O) groups is 1. The second-order valence-corrected chi connectivity index (χ2v) is 6.79. The fraction of sp³-hybridized carbons (Fsp3) is 0.222. The van der Waals surface area contributed by atoms with Gasteiger partial charge in [-0.1, -0.05) is 25.1 Å². The molecule has 2 rings (SSSR count). The number of benzene rings is 2. The van der Waals surface area contributed by atoms with Crippen LogP contribution in [0.25, 0.3) is 0 Å². The number of para-hydroxylation sites is 1. The van der Waals surface area contributed by atoms with E-state index >= 15 is 0 Å². The van der Waals surface area contributed by atoms with E-state index in [1.807, 2.05) is 25.1 Å². The molecule has 0 unspecified atom stereocenters. The lowest BCUT2D eigenvalue weighted by Crippen LogP contribution is -2.44. The van der Waals surface area contributed by atoms with Crippen LogP contribution < -0.4 is 16.2 Å². The van der Waals surface area contributed by atoms with Crippen LogP contribution in [0.5, 0.6) is 0 Å². The van der Waals surface area contributed by atoms with Gasteiger partial charge >= 0.3 is 0 Å². The van der Waals surface area contributed by atoms with Gasteiger partial charge in [0.15, 0.2) is 5.11 Å². The van der Waals surface area contributed by atoms with Gasteiger partial charge in [-0.25, -0.2) is 4.39 Å². The summed E-state index contributed by atoms with van der Waals surface area (Å²) in [5.74, 6) is -0.320. The van der Waals surface area contributed by atoms with E-state index in [4.69, 9.17) is 12.2 Å². The van der Waals surface area contributed by atoms with Crippen molar-refractivity contribution in [2.45, 2.75) is 25.2 Å². The van der Waals surface area contributed by atoms with Gasteiger partial charge in [0.25, 0.3) is 0 Å². The summed E-state index contributed by atoms with van der Waals surface area (Å²) in [4.78, 5) is 12.7. The van der Waals surface area contributed by atoms with Gasteiger partial charge in [-0.15, -0.1) is 11.8 Å². The van der Waals surface area contributed by atoms with Crippen LogP contribution in [0.3, 0.4) is 0 Å². The van der Waals surface area contributed by atoms with Crippen LogP contribution in [-0.4, -0.2) is 16.8 Å². The summed E-state index contributed by atoms with van der Waals surface area (Å²) in [5, 5.41) is 3.45. The van der Waals surface area contributed by atoms with E-state index in [-0.39, 0.29) is 17.5 Å². The van der Waals surface area contributed by atoms with Gasteiger partial charge in [0.05, 0.1) is 5.75 Å². The molecule has 0 saturated heterocycles. The first-order valence-corrected chi connectivity index (χ1v) is 9.21. The molecule has 4 nitrogen and oxygen atoms in total. The van der Waals surface area contributed by atoms with Gasteiger partial charge in [0, 0.05) is 10.6 Å². The molecule has 0 aromatic heterocycles. The average Bonchev–Trinajstić information content (AvgIpc) is 2.61. The molecule has 7 heteroatoms. The minimum Gasteiger partial charge on any atom is -0.331 e. The minimum atomic E-state index is -0.297. The quantitative estimate of drug-likeness (QED) is 0.420. The third-order valence-corrected chi connectivity index (χ3v) is 4.69. The Kier molecular flexibility index (Phi) is 7.21. The lowest BCUT2D eigenvalue weighted by atomic mass is 10.1. The lowest BCUT2D eigenvalue weighted by Gasteiger charge is -2.16. The van der Waals surface area contributed by atoms with E-state index in [9.17, 15) is 9.18 Å². The number of thiocarbonyl (C=S) groups is 1. The summed E-state index contributed by atoms with van der Waals surface area (Å²) in [6.45, 7) is 4.08. The van der Waals surface area contributed by atoms with Crippen molar-refractivity contribution in [1.29, 1.82) is 0 Å². The topological polar surface area (TPSA) is 53.2 Å². The molecule has 3 N–H and O–H groups in total. The number of hydrogen-bond donors (Lipinski definition) is 3. The van der Waals surface area contributed by atoms with Crippen molar-refractivity contribution in [3.63, 3.8) is 0 Å². The lowest BCUT2D eigenvalue weighted by molar-refractivity contribution is -0.119. The maximum absolute atomic E-state index is 12.8. The van der Waals surface area contributed by atoms with Crippen molar-refractivity contribution in [3.8, 4) is 0 Å². The van der Waals surface area contributed by atoms with E-state index in [2.05, 4.69) is 23.1 Å². The molecular formula is C18H20FN3OS2. The maximum Gasteiger partial charge on any atom is 0.248 e. The van der Waals surface area contributed by atoms with Gasteiger partial charge in [-0.2, -0.15) is 0 Å². The number of carbonyl (C=O) groups excluding carboxylic acids is 1. The fourth-order valence-corrected chi connectivity index (χ4v) is 3.04. The summed E-state index contributed by atoms with van der Waals surface area (Å²) in [5.41, 5.74) is 8.45. The zero-order valence-corrected chi connectivity index (χ0v) is 15.7. The first-order valence-electron chi connectivity index (χ1n) is 7.82. The number of thioether (sulfide) groups is 1. The molecule has 2 aromatic carbocycles. The molecule has 0 aliphatic heterocycles. The number of nitrogens with one attached hydrogen (secondary N) is 3. The highest BCUT2D eigenvalue weighted by Gasteiger charge is 2.07. The first kappa shape index (κ1) is 19.2. The van der Waals surface area contributed by atoms with Crippen molar-refractivity contribution in [3.05, 3.63) is 59.4 Å². The van der Waals surface area contributed by atoms with Gasteiger partial charge in [-0.05, 0) is 61.0 Å². The fourth-order valence-electron chi connectivity index (χ4n) is 2.19. The van der Waals surface area contributed by atoms with Crippen LogP contribution in [0.4, 0.5) is 10.1 Å². The Morgan fingerprint density at radius 1 is 1.16 bits per heavy atom. The highest BCUT2D eigenvalue weighted by atomic mass is 32.2. The molecule has 0 fully saturated rings. The molecule has 0 heterocycles. The van der Waals surface area contributed by atoms with Crippen LogP contribution in [0.2, 0.25) is 0 Å². The van der Waals surface area contributed by atoms with E-state index in [1.54, 1.807) is 12.1 Å². The van der Waals surface area contributed by atoms with Crippen LogP contribution in [0.1, 0.15) is 18.1 Å². The van der Waals surface area contributed by atoms with E-state index < -0.39 is 0 Å². The molecular weight excluding hydrogens is 357 g/mol. The van der Waals surface area contributed by atoms with Crippen LogP contribution in [-0.2, 0) is 11.2 Å². The van der Waals surface area contributed by atoms with Gasteiger partial charge in [-0.3, -0.25) is 15.6 Å². The molecule has 25 heavy (non-hydrogen) atoms. The number of halogens is 1. The standard InChI is InChI=1S/C18H20FN3OS2/c1-3-13-6-4-5-12(2)17(13)20-18(24)22-21-16(23)11-25-15-9-7-14(19)8-10-15/h4-10H,3,11H2,1-2H3,(H,21,23)(H2,20,22,24). The predicted octanol–water partition coefficient (Wildman–Crippen LogP) is 3.81. The minimum absolute atomic E-state index is 0.200. The molecule has 0 aliphatic rings. The molecule has 0 bridgehead atoms. The Balaban J connectivity index is 1.80. The molecule has 2 aromatic rings. The molecule has 1 amide bonds. The van der Waals surface area contributed by atoms with Crippen LogP contribution >= 0.6 is 24.0 Å². The Morgan fingerprint density at radius 2 is 1.88 bits per heavy atom. The number of aryl methyl sites for hydroxylation is 2. The average molecular weight is 378 g/mol.